The van der Waals surface area contributed by atoms with E-state index in [-0.39, 0.29) is 5.56 Å². The molecule has 0 aliphatic rings. The highest BCUT2D eigenvalue weighted by Gasteiger charge is 2.08. The van der Waals surface area contributed by atoms with E-state index in [1.54, 1.807) is 11.3 Å². The Morgan fingerprint density at radius 2 is 2.12 bits per heavy atom. The van der Waals surface area contributed by atoms with Crippen molar-refractivity contribution in [1.29, 1.82) is 0 Å². The number of hydrogen-bond donors (Lipinski definition) is 1. The van der Waals surface area contributed by atoms with Gasteiger partial charge in [-0.15, -0.1) is 11.3 Å². The van der Waals surface area contributed by atoms with Gasteiger partial charge in [0, 0.05) is 16.6 Å². The Morgan fingerprint density at radius 1 is 1.35 bits per heavy atom. The zero-order chi connectivity index (χ0) is 12.4. The summed E-state index contributed by atoms with van der Waals surface area (Å²) < 4.78 is 0. The van der Waals surface area contributed by atoms with Crippen molar-refractivity contribution in [3.05, 3.63) is 43.5 Å². The molecular weight excluding hydrogens is 234 g/mol. The van der Waals surface area contributed by atoms with Crippen LogP contribution in [0.5, 0.6) is 0 Å². The fraction of sp³-hybridized carbons (Fsp3) is 0.417. The predicted molar refractivity (Wildman–Crippen MR) is 68.6 cm³/mol. The largest absolute Gasteiger partial charge is 0.310 e. The van der Waals surface area contributed by atoms with E-state index < -0.39 is 0 Å². The molecule has 0 unspecified atom stereocenters. The van der Waals surface area contributed by atoms with Gasteiger partial charge in [0.1, 0.15) is 10.8 Å². The van der Waals surface area contributed by atoms with Crippen molar-refractivity contribution in [2.75, 3.05) is 0 Å². The van der Waals surface area contributed by atoms with E-state index in [0.29, 0.717) is 17.8 Å². The van der Waals surface area contributed by atoms with Gasteiger partial charge < -0.3 is 4.98 Å². The van der Waals surface area contributed by atoms with Crippen LogP contribution in [-0.2, 0) is 12.8 Å². The maximum atomic E-state index is 11.7. The van der Waals surface area contributed by atoms with Gasteiger partial charge in [0.05, 0.1) is 12.1 Å². The molecule has 0 radical (unpaired) electrons. The van der Waals surface area contributed by atoms with Gasteiger partial charge in [0.15, 0.2) is 0 Å². The Bertz CT molecular complexity index is 586. The number of H-pyrrole nitrogens is 1. The van der Waals surface area contributed by atoms with E-state index in [4.69, 9.17) is 0 Å². The molecule has 0 bridgehead atoms. The number of nitrogens with one attached hydrogen (secondary N) is 1. The summed E-state index contributed by atoms with van der Waals surface area (Å²) in [6.07, 6.45) is 1.38. The summed E-state index contributed by atoms with van der Waals surface area (Å²) in [5, 5.41) is 2.99. The van der Waals surface area contributed by atoms with Crippen LogP contribution in [0.1, 0.15) is 34.7 Å². The van der Waals surface area contributed by atoms with Crippen molar-refractivity contribution in [1.82, 2.24) is 15.0 Å². The minimum absolute atomic E-state index is 0.0415. The second-order valence-electron chi connectivity index (χ2n) is 4.00. The monoisotopic (exact) mass is 249 g/mol. The molecule has 0 spiro atoms. The van der Waals surface area contributed by atoms with Gasteiger partial charge in [-0.3, -0.25) is 4.79 Å². The lowest BCUT2D eigenvalue weighted by molar-refractivity contribution is 0.863. The second kappa shape index (κ2) is 4.79. The summed E-state index contributed by atoms with van der Waals surface area (Å²) in [6, 6.07) is 0. The highest BCUT2D eigenvalue weighted by atomic mass is 32.1. The Labute approximate surface area is 104 Å². The molecule has 2 rings (SSSR count). The van der Waals surface area contributed by atoms with Crippen molar-refractivity contribution >= 4 is 11.3 Å². The lowest BCUT2D eigenvalue weighted by Crippen LogP contribution is -2.17. The highest BCUT2D eigenvalue weighted by molar-refractivity contribution is 7.09. The zero-order valence-corrected chi connectivity index (χ0v) is 11.0. The topological polar surface area (TPSA) is 58.6 Å². The third-order valence-electron chi connectivity index (χ3n) is 2.62. The van der Waals surface area contributed by atoms with Crippen LogP contribution >= 0.6 is 11.3 Å². The zero-order valence-electron chi connectivity index (χ0n) is 10.2. The Morgan fingerprint density at radius 3 is 2.71 bits per heavy atom. The first-order chi connectivity index (χ1) is 8.10. The lowest BCUT2D eigenvalue weighted by atomic mass is 10.2. The summed E-state index contributed by atoms with van der Waals surface area (Å²) >= 11 is 1.59. The molecule has 0 amide bonds. The number of aromatic amines is 1. The van der Waals surface area contributed by atoms with Gasteiger partial charge in [-0.05, 0) is 20.3 Å². The van der Waals surface area contributed by atoms with Crippen LogP contribution in [0, 0.1) is 13.8 Å². The summed E-state index contributed by atoms with van der Waals surface area (Å²) in [6.45, 7) is 5.77. The molecule has 0 saturated carbocycles. The third-order valence-corrected chi connectivity index (χ3v) is 3.59. The van der Waals surface area contributed by atoms with Crippen LogP contribution in [0.3, 0.4) is 0 Å². The van der Waals surface area contributed by atoms with Crippen molar-refractivity contribution in [2.45, 2.75) is 33.6 Å². The molecule has 5 heteroatoms. The van der Waals surface area contributed by atoms with Crippen molar-refractivity contribution < 1.29 is 0 Å². The summed E-state index contributed by atoms with van der Waals surface area (Å²) in [5.74, 6) is 0.701. The van der Waals surface area contributed by atoms with E-state index in [9.17, 15) is 4.79 Å². The molecule has 0 aromatic carbocycles. The molecule has 0 aliphatic carbocycles. The molecule has 4 nitrogen and oxygen atoms in total. The number of rotatable bonds is 3. The minimum Gasteiger partial charge on any atom is -0.310 e. The van der Waals surface area contributed by atoms with Crippen LogP contribution in [0.15, 0.2) is 10.2 Å². The highest BCUT2D eigenvalue weighted by Crippen LogP contribution is 2.12. The molecule has 0 saturated heterocycles. The van der Waals surface area contributed by atoms with Crippen LogP contribution in [0.4, 0.5) is 0 Å². The van der Waals surface area contributed by atoms with Crippen LogP contribution in [-0.4, -0.2) is 15.0 Å². The number of aromatic nitrogens is 3. The quantitative estimate of drug-likeness (QED) is 0.905. The third kappa shape index (κ3) is 2.61. The van der Waals surface area contributed by atoms with Crippen molar-refractivity contribution in [3.63, 3.8) is 0 Å². The lowest BCUT2D eigenvalue weighted by Gasteiger charge is -2.04. The average Bonchev–Trinajstić information content (AvgIpc) is 2.69. The molecule has 2 aromatic rings. The van der Waals surface area contributed by atoms with Gasteiger partial charge in [0.2, 0.25) is 0 Å². The van der Waals surface area contributed by atoms with Gasteiger partial charge in [-0.25, -0.2) is 9.97 Å². The minimum atomic E-state index is -0.0415. The molecule has 0 atom stereocenters. The first-order valence-electron chi connectivity index (χ1n) is 5.59. The smallest absolute Gasteiger partial charge is 0.254 e. The second-order valence-corrected chi connectivity index (χ2v) is 4.94. The SMILES string of the molecule is CCc1nc(Cc2nc(C)cs2)[nH]c(=O)c1C. The van der Waals surface area contributed by atoms with Crippen LogP contribution in [0.25, 0.3) is 0 Å². The molecule has 17 heavy (non-hydrogen) atoms. The maximum absolute atomic E-state index is 11.7. The van der Waals surface area contributed by atoms with Gasteiger partial charge >= 0.3 is 0 Å². The Hall–Kier alpha value is -1.49. The number of hydrogen-bond acceptors (Lipinski definition) is 4. The van der Waals surface area contributed by atoms with Crippen LogP contribution in [0.2, 0.25) is 0 Å². The average molecular weight is 249 g/mol. The molecule has 0 fully saturated rings. The number of aryl methyl sites for hydroxylation is 2. The summed E-state index contributed by atoms with van der Waals surface area (Å²) in [4.78, 5) is 23.3. The fourth-order valence-electron chi connectivity index (χ4n) is 1.69. The van der Waals surface area contributed by atoms with Gasteiger partial charge in [0.25, 0.3) is 5.56 Å². The van der Waals surface area contributed by atoms with Gasteiger partial charge in [-0.1, -0.05) is 6.92 Å². The summed E-state index contributed by atoms with van der Waals surface area (Å²) in [7, 11) is 0. The number of nitrogens with zero attached hydrogens (tertiary/aromatic N) is 2. The van der Waals surface area contributed by atoms with Crippen molar-refractivity contribution in [3.8, 4) is 0 Å². The normalized spacial score (nSPS) is 10.8. The van der Waals surface area contributed by atoms with E-state index >= 15 is 0 Å². The standard InChI is InChI=1S/C12H15N3OS/c1-4-9-8(3)12(16)15-10(14-9)5-11-13-7(2)6-17-11/h6H,4-5H2,1-3H3,(H,14,15,16). The summed E-state index contributed by atoms with van der Waals surface area (Å²) in [5.41, 5.74) is 2.55. The first kappa shape index (κ1) is 12.0. The van der Waals surface area contributed by atoms with Crippen molar-refractivity contribution in [2.24, 2.45) is 0 Å². The maximum Gasteiger partial charge on any atom is 0.254 e. The molecule has 90 valence electrons. The molecule has 2 heterocycles. The molecular formula is C12H15N3OS. The first-order valence-corrected chi connectivity index (χ1v) is 6.47. The Kier molecular flexibility index (Phi) is 3.38. The predicted octanol–water partition coefficient (Wildman–Crippen LogP) is 2.00. The molecule has 0 aliphatic heterocycles. The van der Waals surface area contributed by atoms with E-state index in [1.807, 2.05) is 26.2 Å². The fourth-order valence-corrected chi connectivity index (χ4v) is 2.46. The molecule has 2 aromatic heterocycles. The van der Waals surface area contributed by atoms with E-state index in [2.05, 4.69) is 15.0 Å². The Balaban J connectivity index is 2.33. The van der Waals surface area contributed by atoms with E-state index in [1.165, 1.54) is 0 Å². The van der Waals surface area contributed by atoms with Gasteiger partial charge in [-0.2, -0.15) is 0 Å². The molecule has 1 N–H and O–H groups in total. The van der Waals surface area contributed by atoms with Crippen LogP contribution < -0.4 is 5.56 Å². The van der Waals surface area contributed by atoms with E-state index in [0.717, 1.165) is 22.8 Å². The number of thiazole rings is 1.